The third-order valence-electron chi connectivity index (χ3n) is 5.67. The number of nitrogens with zero attached hydrogens (tertiary/aromatic N) is 2. The quantitative estimate of drug-likeness (QED) is 0.725. The highest BCUT2D eigenvalue weighted by atomic mass is 32.2. The zero-order chi connectivity index (χ0) is 18.6. The van der Waals surface area contributed by atoms with E-state index in [9.17, 15) is 13.5 Å². The standard InChI is InChI=1S/C19H30N2O4S/c1-26(23,24)21-13-10-19(22)9-12-20(15-17(19)16-21)11-5-6-14-25-18-7-3-2-4-8-18/h2-4,7-8,17,22H,5-6,9-16H2,1H3. The summed E-state index contributed by atoms with van der Waals surface area (Å²) in [6, 6.07) is 9.83. The Morgan fingerprint density at radius 3 is 2.62 bits per heavy atom. The van der Waals surface area contributed by atoms with Crippen LogP contribution in [0, 0.1) is 5.92 Å². The molecular formula is C19H30N2O4S. The number of hydrogen-bond acceptors (Lipinski definition) is 5. The lowest BCUT2D eigenvalue weighted by Crippen LogP contribution is -2.60. The summed E-state index contributed by atoms with van der Waals surface area (Å²) in [6.07, 6.45) is 4.55. The van der Waals surface area contributed by atoms with Crippen LogP contribution in [0.25, 0.3) is 0 Å². The van der Waals surface area contributed by atoms with E-state index < -0.39 is 15.6 Å². The van der Waals surface area contributed by atoms with Gasteiger partial charge in [-0.2, -0.15) is 0 Å². The zero-order valence-corrected chi connectivity index (χ0v) is 16.3. The SMILES string of the molecule is CS(=O)(=O)N1CCC2(O)CCN(CCCCOc3ccccc3)CC2C1. The molecule has 3 rings (SSSR count). The van der Waals surface area contributed by atoms with E-state index in [-0.39, 0.29) is 5.92 Å². The molecule has 1 aromatic rings. The van der Waals surface area contributed by atoms with Crippen molar-refractivity contribution in [2.45, 2.75) is 31.3 Å². The summed E-state index contributed by atoms with van der Waals surface area (Å²) in [4.78, 5) is 2.35. The highest BCUT2D eigenvalue weighted by Crippen LogP contribution is 2.36. The number of piperidine rings is 2. The van der Waals surface area contributed by atoms with Crippen molar-refractivity contribution in [3.63, 3.8) is 0 Å². The van der Waals surface area contributed by atoms with Crippen LogP contribution >= 0.6 is 0 Å². The topological polar surface area (TPSA) is 70.1 Å². The van der Waals surface area contributed by atoms with Gasteiger partial charge in [0, 0.05) is 32.1 Å². The normalized spacial score (nSPS) is 27.8. The maximum Gasteiger partial charge on any atom is 0.211 e. The molecule has 2 fully saturated rings. The van der Waals surface area contributed by atoms with Gasteiger partial charge in [0.15, 0.2) is 0 Å². The molecule has 1 N–H and O–H groups in total. The highest BCUT2D eigenvalue weighted by molar-refractivity contribution is 7.88. The van der Waals surface area contributed by atoms with Crippen molar-refractivity contribution in [3.8, 4) is 5.75 Å². The minimum Gasteiger partial charge on any atom is -0.494 e. The van der Waals surface area contributed by atoms with Crippen molar-refractivity contribution in [1.82, 2.24) is 9.21 Å². The summed E-state index contributed by atoms with van der Waals surface area (Å²) in [6.45, 7) is 4.18. The highest BCUT2D eigenvalue weighted by Gasteiger charge is 2.46. The van der Waals surface area contributed by atoms with Crippen LogP contribution in [0.4, 0.5) is 0 Å². The van der Waals surface area contributed by atoms with E-state index in [0.717, 1.165) is 44.6 Å². The Labute approximate surface area is 156 Å². The number of rotatable bonds is 7. The monoisotopic (exact) mass is 382 g/mol. The average molecular weight is 383 g/mol. The molecule has 6 nitrogen and oxygen atoms in total. The fourth-order valence-corrected chi connectivity index (χ4v) is 4.86. The van der Waals surface area contributed by atoms with E-state index in [4.69, 9.17) is 4.74 Å². The van der Waals surface area contributed by atoms with Gasteiger partial charge >= 0.3 is 0 Å². The molecule has 2 atom stereocenters. The Bertz CT molecular complexity index is 682. The lowest BCUT2D eigenvalue weighted by molar-refractivity contribution is -0.101. The van der Waals surface area contributed by atoms with Crippen molar-refractivity contribution >= 4 is 10.0 Å². The van der Waals surface area contributed by atoms with E-state index in [0.29, 0.717) is 26.1 Å². The van der Waals surface area contributed by atoms with Crippen LogP contribution < -0.4 is 4.74 Å². The second kappa shape index (κ2) is 8.25. The number of hydrogen-bond donors (Lipinski definition) is 1. The van der Waals surface area contributed by atoms with Gasteiger partial charge in [-0.3, -0.25) is 0 Å². The van der Waals surface area contributed by atoms with Gasteiger partial charge in [0.25, 0.3) is 0 Å². The van der Waals surface area contributed by atoms with Crippen LogP contribution in [-0.2, 0) is 10.0 Å². The van der Waals surface area contributed by atoms with Crippen LogP contribution in [0.3, 0.4) is 0 Å². The fourth-order valence-electron chi connectivity index (χ4n) is 3.99. The number of para-hydroxylation sites is 1. The first kappa shape index (κ1) is 19.6. The lowest BCUT2D eigenvalue weighted by Gasteiger charge is -2.49. The largest absolute Gasteiger partial charge is 0.494 e. The van der Waals surface area contributed by atoms with Gasteiger partial charge in [0.2, 0.25) is 10.0 Å². The molecule has 1 aromatic carbocycles. The molecule has 146 valence electrons. The molecule has 7 heteroatoms. The molecule has 0 radical (unpaired) electrons. The first-order chi connectivity index (χ1) is 12.4. The van der Waals surface area contributed by atoms with Crippen LogP contribution in [0.5, 0.6) is 5.75 Å². The molecular weight excluding hydrogens is 352 g/mol. The van der Waals surface area contributed by atoms with Crippen LogP contribution in [0.1, 0.15) is 25.7 Å². The van der Waals surface area contributed by atoms with Gasteiger partial charge in [-0.25, -0.2) is 12.7 Å². The number of sulfonamides is 1. The Morgan fingerprint density at radius 1 is 1.15 bits per heavy atom. The number of ether oxygens (including phenoxy) is 1. The molecule has 0 saturated carbocycles. The van der Waals surface area contributed by atoms with E-state index in [1.54, 1.807) is 0 Å². The summed E-state index contributed by atoms with van der Waals surface area (Å²) in [5.74, 6) is 0.902. The molecule has 2 aliphatic heterocycles. The van der Waals surface area contributed by atoms with E-state index in [1.807, 2.05) is 30.3 Å². The summed E-state index contributed by atoms with van der Waals surface area (Å²) in [5, 5.41) is 10.9. The first-order valence-electron chi connectivity index (χ1n) is 9.44. The molecule has 2 heterocycles. The molecule has 2 unspecified atom stereocenters. The summed E-state index contributed by atoms with van der Waals surface area (Å²) < 4.78 is 30.9. The van der Waals surface area contributed by atoms with Crippen molar-refractivity contribution in [2.24, 2.45) is 5.92 Å². The maximum absolute atomic E-state index is 11.8. The third kappa shape index (κ3) is 4.97. The Morgan fingerprint density at radius 2 is 1.88 bits per heavy atom. The van der Waals surface area contributed by atoms with E-state index in [2.05, 4.69) is 4.90 Å². The third-order valence-corrected chi connectivity index (χ3v) is 6.94. The predicted molar refractivity (Wildman–Crippen MR) is 102 cm³/mol. The summed E-state index contributed by atoms with van der Waals surface area (Å²) >= 11 is 0. The second-order valence-corrected chi connectivity index (χ2v) is 9.57. The van der Waals surface area contributed by atoms with Gasteiger partial charge in [-0.05, 0) is 44.4 Å². The molecule has 26 heavy (non-hydrogen) atoms. The molecule has 0 amide bonds. The molecule has 0 bridgehead atoms. The molecule has 2 saturated heterocycles. The second-order valence-electron chi connectivity index (χ2n) is 7.59. The average Bonchev–Trinajstić information content (AvgIpc) is 2.61. The van der Waals surface area contributed by atoms with Crippen LogP contribution in [0.2, 0.25) is 0 Å². The maximum atomic E-state index is 11.8. The number of fused-ring (bicyclic) bond motifs is 1. The number of likely N-dealkylation sites (tertiary alicyclic amines) is 1. The Kier molecular flexibility index (Phi) is 6.22. The summed E-state index contributed by atoms with van der Waals surface area (Å²) in [7, 11) is -3.18. The van der Waals surface area contributed by atoms with Gasteiger partial charge in [-0.1, -0.05) is 18.2 Å². The Hall–Kier alpha value is -1.15. The van der Waals surface area contributed by atoms with E-state index in [1.165, 1.54) is 10.6 Å². The number of aliphatic hydroxyl groups is 1. The predicted octanol–water partition coefficient (Wildman–Crippen LogP) is 1.56. The lowest BCUT2D eigenvalue weighted by atomic mass is 9.76. The van der Waals surface area contributed by atoms with E-state index >= 15 is 0 Å². The minimum atomic E-state index is -3.18. The molecule has 2 aliphatic rings. The van der Waals surface area contributed by atoms with Gasteiger partial charge in [0.05, 0.1) is 18.5 Å². The van der Waals surface area contributed by atoms with Crippen molar-refractivity contribution in [3.05, 3.63) is 30.3 Å². The molecule has 0 aromatic heterocycles. The first-order valence-corrected chi connectivity index (χ1v) is 11.3. The number of unbranched alkanes of at least 4 members (excludes halogenated alkanes) is 1. The molecule has 0 aliphatic carbocycles. The number of benzene rings is 1. The smallest absolute Gasteiger partial charge is 0.211 e. The fraction of sp³-hybridized carbons (Fsp3) is 0.684. The van der Waals surface area contributed by atoms with Crippen molar-refractivity contribution in [2.75, 3.05) is 45.6 Å². The van der Waals surface area contributed by atoms with Gasteiger partial charge < -0.3 is 14.7 Å². The Balaban J connectivity index is 1.42. The van der Waals surface area contributed by atoms with Crippen molar-refractivity contribution < 1.29 is 18.3 Å². The van der Waals surface area contributed by atoms with Gasteiger partial charge in [-0.15, -0.1) is 0 Å². The van der Waals surface area contributed by atoms with Crippen LogP contribution in [0.15, 0.2) is 30.3 Å². The minimum absolute atomic E-state index is 0.000272. The summed E-state index contributed by atoms with van der Waals surface area (Å²) in [5.41, 5.74) is -0.700. The van der Waals surface area contributed by atoms with Crippen LogP contribution in [-0.4, -0.2) is 73.9 Å². The molecule has 0 spiro atoms. The van der Waals surface area contributed by atoms with Gasteiger partial charge in [0.1, 0.15) is 5.75 Å². The van der Waals surface area contributed by atoms with Crippen molar-refractivity contribution in [1.29, 1.82) is 0 Å². The zero-order valence-electron chi connectivity index (χ0n) is 15.5.